The molecule has 0 fully saturated rings. The number of carbonyl (C=O) groups excluding carboxylic acids is 2. The molecule has 0 radical (unpaired) electrons. The molecule has 0 spiro atoms. The lowest BCUT2D eigenvalue weighted by Gasteiger charge is -2.31. The van der Waals surface area contributed by atoms with E-state index in [4.69, 9.17) is 4.74 Å². The lowest BCUT2D eigenvalue weighted by Crippen LogP contribution is -2.39. The average molecular weight is 349 g/mol. The first-order valence-corrected chi connectivity index (χ1v) is 6.41. The van der Waals surface area contributed by atoms with Crippen molar-refractivity contribution in [2.24, 2.45) is 0 Å². The van der Waals surface area contributed by atoms with Crippen LogP contribution in [0.15, 0.2) is 17.3 Å². The SMILES string of the molecule is COC(=O)C1=C(C(=O)OC)N(c2c(F)cc(F)c(F)c2F)COC1. The average Bonchev–Trinajstić information content (AvgIpc) is 2.58. The van der Waals surface area contributed by atoms with Crippen molar-refractivity contribution in [2.75, 3.05) is 32.5 Å². The third kappa shape index (κ3) is 2.92. The quantitative estimate of drug-likeness (QED) is 0.358. The van der Waals surface area contributed by atoms with Crippen molar-refractivity contribution >= 4 is 17.6 Å². The Bertz CT molecular complexity index is 734. The second-order valence-corrected chi connectivity index (χ2v) is 4.53. The van der Waals surface area contributed by atoms with Gasteiger partial charge in [0.05, 0.1) is 26.4 Å². The molecule has 0 N–H and O–H groups in total. The molecule has 0 saturated carbocycles. The fraction of sp³-hybridized carbons (Fsp3) is 0.286. The highest BCUT2D eigenvalue weighted by Crippen LogP contribution is 2.33. The molecule has 6 nitrogen and oxygen atoms in total. The van der Waals surface area contributed by atoms with Gasteiger partial charge in [-0.15, -0.1) is 0 Å². The van der Waals surface area contributed by atoms with Gasteiger partial charge in [-0.2, -0.15) is 0 Å². The van der Waals surface area contributed by atoms with Gasteiger partial charge in [-0.05, 0) is 0 Å². The van der Waals surface area contributed by atoms with E-state index in [1.807, 2.05) is 0 Å². The number of rotatable bonds is 3. The Labute approximate surface area is 133 Å². The Morgan fingerprint density at radius 2 is 1.67 bits per heavy atom. The number of ether oxygens (including phenoxy) is 3. The van der Waals surface area contributed by atoms with Crippen LogP contribution in [-0.4, -0.2) is 39.5 Å². The molecule has 1 aromatic carbocycles. The maximum Gasteiger partial charge on any atom is 0.355 e. The van der Waals surface area contributed by atoms with E-state index in [9.17, 15) is 27.2 Å². The summed E-state index contributed by atoms with van der Waals surface area (Å²) < 4.78 is 68.5. The number of hydrogen-bond acceptors (Lipinski definition) is 6. The molecule has 1 aromatic rings. The lowest BCUT2D eigenvalue weighted by atomic mass is 10.1. The predicted molar refractivity (Wildman–Crippen MR) is 70.6 cm³/mol. The molecular formula is C14H11F4NO5. The first-order valence-electron chi connectivity index (χ1n) is 6.41. The third-order valence-corrected chi connectivity index (χ3v) is 3.19. The van der Waals surface area contributed by atoms with E-state index in [-0.39, 0.29) is 11.6 Å². The summed E-state index contributed by atoms with van der Waals surface area (Å²) in [6.07, 6.45) is 0. The second kappa shape index (κ2) is 6.87. The predicted octanol–water partition coefficient (Wildman–Crippen LogP) is 1.64. The van der Waals surface area contributed by atoms with Crippen molar-refractivity contribution in [3.63, 3.8) is 0 Å². The molecule has 24 heavy (non-hydrogen) atoms. The van der Waals surface area contributed by atoms with E-state index in [1.54, 1.807) is 0 Å². The molecular weight excluding hydrogens is 338 g/mol. The van der Waals surface area contributed by atoms with Crippen LogP contribution in [0.2, 0.25) is 0 Å². The molecule has 0 saturated heterocycles. The third-order valence-electron chi connectivity index (χ3n) is 3.19. The highest BCUT2D eigenvalue weighted by atomic mass is 19.2. The van der Waals surface area contributed by atoms with Crippen LogP contribution in [0.5, 0.6) is 0 Å². The summed E-state index contributed by atoms with van der Waals surface area (Å²) in [6.45, 7) is -1.01. The Morgan fingerprint density at radius 3 is 2.25 bits per heavy atom. The molecule has 2 rings (SSSR count). The van der Waals surface area contributed by atoms with Crippen LogP contribution in [-0.2, 0) is 23.8 Å². The van der Waals surface area contributed by atoms with Gasteiger partial charge in [0.15, 0.2) is 23.3 Å². The first-order chi connectivity index (χ1) is 11.3. The van der Waals surface area contributed by atoms with Crippen LogP contribution in [0, 0.1) is 23.3 Å². The van der Waals surface area contributed by atoms with Crippen molar-refractivity contribution in [1.29, 1.82) is 0 Å². The molecule has 0 bridgehead atoms. The highest BCUT2D eigenvalue weighted by Gasteiger charge is 2.36. The molecule has 0 aliphatic carbocycles. The van der Waals surface area contributed by atoms with Crippen LogP contribution in [0.3, 0.4) is 0 Å². The van der Waals surface area contributed by atoms with E-state index in [0.717, 1.165) is 14.2 Å². The molecule has 1 aliphatic rings. The zero-order chi connectivity index (χ0) is 18.0. The lowest BCUT2D eigenvalue weighted by molar-refractivity contribution is -0.140. The van der Waals surface area contributed by atoms with Gasteiger partial charge < -0.3 is 19.1 Å². The number of nitrogens with zero attached hydrogens (tertiary/aromatic N) is 1. The van der Waals surface area contributed by atoms with E-state index in [2.05, 4.69) is 9.47 Å². The van der Waals surface area contributed by atoms with Crippen LogP contribution in [0.1, 0.15) is 0 Å². The largest absolute Gasteiger partial charge is 0.466 e. The molecule has 0 atom stereocenters. The molecule has 0 unspecified atom stereocenters. The van der Waals surface area contributed by atoms with Gasteiger partial charge in [0.1, 0.15) is 18.1 Å². The minimum absolute atomic E-state index is 0.106. The summed E-state index contributed by atoms with van der Waals surface area (Å²) in [5.74, 6) is -9.22. The Balaban J connectivity index is 2.71. The van der Waals surface area contributed by atoms with Crippen LogP contribution < -0.4 is 4.90 Å². The fourth-order valence-electron chi connectivity index (χ4n) is 2.12. The summed E-state index contributed by atoms with van der Waals surface area (Å²) >= 11 is 0. The van der Waals surface area contributed by atoms with Gasteiger partial charge in [-0.1, -0.05) is 0 Å². The minimum Gasteiger partial charge on any atom is -0.466 e. The number of esters is 2. The molecule has 0 amide bonds. The van der Waals surface area contributed by atoms with Gasteiger partial charge in [-0.25, -0.2) is 27.2 Å². The van der Waals surface area contributed by atoms with Gasteiger partial charge in [0, 0.05) is 6.07 Å². The number of carbonyl (C=O) groups is 2. The van der Waals surface area contributed by atoms with Crippen molar-refractivity contribution in [3.05, 3.63) is 40.6 Å². The standard InChI is InChI=1S/C14H11F4NO5/c1-22-13(20)6-4-24-5-19(11(6)14(21)23-2)12-8(16)3-7(15)9(17)10(12)18/h3H,4-5H2,1-2H3. The van der Waals surface area contributed by atoms with Gasteiger partial charge >= 0.3 is 11.9 Å². The smallest absolute Gasteiger partial charge is 0.355 e. The summed E-state index contributed by atoms with van der Waals surface area (Å²) in [7, 11) is 1.98. The summed E-state index contributed by atoms with van der Waals surface area (Å²) in [5.41, 5.74) is -2.09. The number of halogens is 4. The normalized spacial score (nSPS) is 14.7. The first kappa shape index (κ1) is 17.7. The number of methoxy groups -OCH3 is 2. The van der Waals surface area contributed by atoms with Crippen LogP contribution in [0.4, 0.5) is 23.2 Å². The highest BCUT2D eigenvalue weighted by molar-refractivity contribution is 6.03. The summed E-state index contributed by atoms with van der Waals surface area (Å²) in [5, 5.41) is 0. The van der Waals surface area contributed by atoms with E-state index in [0.29, 0.717) is 4.90 Å². The monoisotopic (exact) mass is 349 g/mol. The Morgan fingerprint density at radius 1 is 1.04 bits per heavy atom. The topological polar surface area (TPSA) is 65.1 Å². The maximum atomic E-state index is 14.0. The zero-order valence-electron chi connectivity index (χ0n) is 12.5. The number of benzene rings is 1. The van der Waals surface area contributed by atoms with Crippen LogP contribution in [0.25, 0.3) is 0 Å². The molecule has 1 heterocycles. The van der Waals surface area contributed by atoms with Gasteiger partial charge in [0.2, 0.25) is 0 Å². The fourth-order valence-corrected chi connectivity index (χ4v) is 2.12. The summed E-state index contributed by atoms with van der Waals surface area (Å²) in [6, 6.07) is 0.106. The van der Waals surface area contributed by atoms with Crippen molar-refractivity contribution in [3.8, 4) is 0 Å². The van der Waals surface area contributed by atoms with Crippen molar-refractivity contribution < 1.29 is 41.4 Å². The number of hydrogen-bond donors (Lipinski definition) is 0. The van der Waals surface area contributed by atoms with Gasteiger partial charge in [0.25, 0.3) is 0 Å². The van der Waals surface area contributed by atoms with E-state index in [1.165, 1.54) is 0 Å². The molecule has 0 aromatic heterocycles. The van der Waals surface area contributed by atoms with E-state index < -0.39 is 59.9 Å². The van der Waals surface area contributed by atoms with Crippen molar-refractivity contribution in [1.82, 2.24) is 0 Å². The molecule has 10 heteroatoms. The maximum absolute atomic E-state index is 14.0. The Hall–Kier alpha value is -2.62. The second-order valence-electron chi connectivity index (χ2n) is 4.53. The van der Waals surface area contributed by atoms with Crippen molar-refractivity contribution in [2.45, 2.75) is 0 Å². The zero-order valence-corrected chi connectivity index (χ0v) is 12.5. The number of anilines is 1. The Kier molecular flexibility index (Phi) is 5.07. The molecule has 1 aliphatic heterocycles. The molecule has 130 valence electrons. The summed E-state index contributed by atoms with van der Waals surface area (Å²) in [4.78, 5) is 24.2. The van der Waals surface area contributed by atoms with Gasteiger partial charge in [-0.3, -0.25) is 0 Å². The van der Waals surface area contributed by atoms with E-state index >= 15 is 0 Å². The van der Waals surface area contributed by atoms with Crippen LogP contribution >= 0.6 is 0 Å². The minimum atomic E-state index is -1.94.